The molecule has 0 amide bonds. The van der Waals surface area contributed by atoms with Crippen molar-refractivity contribution in [2.24, 2.45) is 0 Å². The van der Waals surface area contributed by atoms with Gasteiger partial charge in [-0.2, -0.15) is 0 Å². The second-order valence-electron chi connectivity index (χ2n) is 3.34. The summed E-state index contributed by atoms with van der Waals surface area (Å²) in [6.45, 7) is 9.09. The minimum Gasteiger partial charge on any atom is -0.0991 e. The SMILES string of the molecule is C=CC=CCB(CCC)CCC. The second-order valence-corrected chi connectivity index (χ2v) is 3.34. The summed E-state index contributed by atoms with van der Waals surface area (Å²) in [6, 6.07) is 0. The van der Waals surface area contributed by atoms with Crippen molar-refractivity contribution in [3.8, 4) is 0 Å². The first-order chi connectivity index (χ1) is 5.85. The maximum absolute atomic E-state index is 3.66. The highest BCUT2D eigenvalue weighted by molar-refractivity contribution is 6.59. The molecule has 0 spiro atoms. The summed E-state index contributed by atoms with van der Waals surface area (Å²) in [7, 11) is 0. The van der Waals surface area contributed by atoms with Gasteiger partial charge >= 0.3 is 0 Å². The zero-order valence-electron chi connectivity index (χ0n) is 8.55. The van der Waals surface area contributed by atoms with Crippen LogP contribution in [0, 0.1) is 0 Å². The average Bonchev–Trinajstić information content (AvgIpc) is 2.06. The molecule has 0 unspecified atom stereocenters. The molecule has 0 atom stereocenters. The first-order valence-corrected chi connectivity index (χ1v) is 5.12. The molecule has 12 heavy (non-hydrogen) atoms. The Morgan fingerprint density at radius 1 is 1.17 bits per heavy atom. The largest absolute Gasteiger partial charge is 0.143 e. The summed E-state index contributed by atoms with van der Waals surface area (Å²) in [5, 5.41) is 0. The maximum Gasteiger partial charge on any atom is 0.143 e. The molecule has 68 valence electrons. The highest BCUT2D eigenvalue weighted by atomic mass is 13.8. The van der Waals surface area contributed by atoms with Gasteiger partial charge in [-0.3, -0.25) is 0 Å². The number of hydrogen-bond donors (Lipinski definition) is 0. The van der Waals surface area contributed by atoms with E-state index in [2.05, 4.69) is 32.6 Å². The third kappa shape index (κ3) is 6.27. The van der Waals surface area contributed by atoms with Crippen LogP contribution in [-0.2, 0) is 0 Å². The normalized spacial score (nSPS) is 10.5. The van der Waals surface area contributed by atoms with E-state index in [1.165, 1.54) is 31.8 Å². The molecule has 0 nitrogen and oxygen atoms in total. The van der Waals surface area contributed by atoms with Crippen LogP contribution in [0.4, 0.5) is 0 Å². The van der Waals surface area contributed by atoms with Gasteiger partial charge in [0.05, 0.1) is 0 Å². The number of hydrogen-bond acceptors (Lipinski definition) is 0. The van der Waals surface area contributed by atoms with Crippen LogP contribution in [0.1, 0.15) is 26.7 Å². The topological polar surface area (TPSA) is 0 Å². The molecular formula is C11H21B. The Balaban J connectivity index is 3.61. The zero-order valence-corrected chi connectivity index (χ0v) is 8.55. The lowest BCUT2D eigenvalue weighted by molar-refractivity contribution is 0.999. The van der Waals surface area contributed by atoms with Crippen LogP contribution in [0.3, 0.4) is 0 Å². The third-order valence-corrected chi connectivity index (χ3v) is 2.14. The van der Waals surface area contributed by atoms with Gasteiger partial charge in [0.25, 0.3) is 0 Å². The Morgan fingerprint density at radius 2 is 1.75 bits per heavy atom. The van der Waals surface area contributed by atoms with E-state index in [4.69, 9.17) is 0 Å². The van der Waals surface area contributed by atoms with E-state index in [-0.39, 0.29) is 0 Å². The van der Waals surface area contributed by atoms with Crippen LogP contribution >= 0.6 is 0 Å². The molecule has 0 aromatic heterocycles. The van der Waals surface area contributed by atoms with Crippen LogP contribution in [-0.4, -0.2) is 6.71 Å². The summed E-state index contributed by atoms with van der Waals surface area (Å²) >= 11 is 0. The van der Waals surface area contributed by atoms with Crippen molar-refractivity contribution < 1.29 is 0 Å². The van der Waals surface area contributed by atoms with Crippen LogP contribution in [0.25, 0.3) is 0 Å². The quantitative estimate of drug-likeness (QED) is 0.393. The summed E-state index contributed by atoms with van der Waals surface area (Å²) in [5.41, 5.74) is 0. The van der Waals surface area contributed by atoms with Crippen molar-refractivity contribution in [2.75, 3.05) is 0 Å². The van der Waals surface area contributed by atoms with Crippen molar-refractivity contribution >= 4 is 6.71 Å². The Labute approximate surface area is 77.8 Å². The van der Waals surface area contributed by atoms with Gasteiger partial charge in [-0.05, 0) is 0 Å². The maximum atomic E-state index is 3.66. The fourth-order valence-corrected chi connectivity index (χ4v) is 1.56. The molecule has 0 aliphatic carbocycles. The summed E-state index contributed by atoms with van der Waals surface area (Å²) in [5.74, 6) is 0. The number of allylic oxidation sites excluding steroid dienone is 3. The van der Waals surface area contributed by atoms with Gasteiger partial charge in [0.15, 0.2) is 0 Å². The van der Waals surface area contributed by atoms with Gasteiger partial charge in [0.2, 0.25) is 0 Å². The minimum atomic E-state index is 0.899. The summed E-state index contributed by atoms with van der Waals surface area (Å²) in [4.78, 5) is 0. The van der Waals surface area contributed by atoms with Crippen molar-refractivity contribution in [2.45, 2.75) is 45.6 Å². The molecule has 0 saturated carbocycles. The second kappa shape index (κ2) is 8.64. The molecule has 0 radical (unpaired) electrons. The first kappa shape index (κ1) is 11.5. The van der Waals surface area contributed by atoms with Gasteiger partial charge in [-0.15, -0.1) is 0 Å². The van der Waals surface area contributed by atoms with E-state index in [1.54, 1.807) is 0 Å². The van der Waals surface area contributed by atoms with Crippen LogP contribution < -0.4 is 0 Å². The Bertz CT molecular complexity index is 121. The predicted molar refractivity (Wildman–Crippen MR) is 60.1 cm³/mol. The monoisotopic (exact) mass is 164 g/mol. The summed E-state index contributed by atoms with van der Waals surface area (Å²) < 4.78 is 0. The van der Waals surface area contributed by atoms with E-state index in [9.17, 15) is 0 Å². The number of rotatable bonds is 7. The lowest BCUT2D eigenvalue weighted by Gasteiger charge is -2.07. The van der Waals surface area contributed by atoms with E-state index in [1.807, 2.05) is 6.08 Å². The van der Waals surface area contributed by atoms with Crippen LogP contribution in [0.5, 0.6) is 0 Å². The highest BCUT2D eigenvalue weighted by Gasteiger charge is 2.07. The molecule has 1 heteroatoms. The van der Waals surface area contributed by atoms with E-state index < -0.39 is 0 Å². The lowest BCUT2D eigenvalue weighted by atomic mass is 9.42. The molecule has 0 aromatic rings. The third-order valence-electron chi connectivity index (χ3n) is 2.14. The minimum absolute atomic E-state index is 0.899. The fraction of sp³-hybridized carbons (Fsp3) is 0.636. The molecule has 0 heterocycles. The van der Waals surface area contributed by atoms with Gasteiger partial charge in [0, 0.05) is 0 Å². The molecule has 0 aromatic carbocycles. The smallest absolute Gasteiger partial charge is 0.0991 e. The Morgan fingerprint density at radius 3 is 2.17 bits per heavy atom. The predicted octanol–water partition coefficient (Wildman–Crippen LogP) is 4.04. The fourth-order valence-electron chi connectivity index (χ4n) is 1.56. The molecule has 0 aliphatic heterocycles. The first-order valence-electron chi connectivity index (χ1n) is 5.12. The van der Waals surface area contributed by atoms with Crippen molar-refractivity contribution in [1.29, 1.82) is 0 Å². The van der Waals surface area contributed by atoms with Crippen molar-refractivity contribution in [1.82, 2.24) is 0 Å². The van der Waals surface area contributed by atoms with Gasteiger partial charge in [0.1, 0.15) is 6.71 Å². The van der Waals surface area contributed by atoms with Gasteiger partial charge in [-0.25, -0.2) is 0 Å². The average molecular weight is 164 g/mol. The van der Waals surface area contributed by atoms with Gasteiger partial charge < -0.3 is 0 Å². The molecule has 0 N–H and O–H groups in total. The molecule has 0 bridgehead atoms. The molecule has 0 fully saturated rings. The summed E-state index contributed by atoms with van der Waals surface area (Å²) in [6.07, 6.45) is 12.7. The molecular weight excluding hydrogens is 143 g/mol. The van der Waals surface area contributed by atoms with Crippen molar-refractivity contribution in [3.63, 3.8) is 0 Å². The Hall–Kier alpha value is -0.455. The standard InChI is InChI=1S/C11H21B/c1-4-7-8-11-12(9-5-2)10-6-3/h4,7-8H,1,5-6,9-11H2,2-3H3. The van der Waals surface area contributed by atoms with E-state index in [0.717, 1.165) is 6.71 Å². The van der Waals surface area contributed by atoms with Gasteiger partial charge in [-0.1, -0.05) is 70.5 Å². The lowest BCUT2D eigenvalue weighted by Crippen LogP contribution is -2.09. The molecule has 0 saturated heterocycles. The Kier molecular flexibility index (Phi) is 8.31. The van der Waals surface area contributed by atoms with Crippen LogP contribution in [0.2, 0.25) is 19.0 Å². The molecule has 0 aliphatic rings. The van der Waals surface area contributed by atoms with E-state index >= 15 is 0 Å². The van der Waals surface area contributed by atoms with Crippen LogP contribution in [0.15, 0.2) is 24.8 Å². The van der Waals surface area contributed by atoms with E-state index in [0.29, 0.717) is 0 Å². The van der Waals surface area contributed by atoms with Crippen molar-refractivity contribution in [3.05, 3.63) is 24.8 Å². The zero-order chi connectivity index (χ0) is 9.23. The highest BCUT2D eigenvalue weighted by Crippen LogP contribution is 2.11. The molecule has 0 rings (SSSR count).